The van der Waals surface area contributed by atoms with Crippen LogP contribution in [0.4, 0.5) is 0 Å². The number of fused-ring (bicyclic) bond motifs is 1. The molecule has 0 aliphatic rings. The Morgan fingerprint density at radius 1 is 1.54 bits per heavy atom. The van der Waals surface area contributed by atoms with Crippen molar-refractivity contribution in [1.29, 1.82) is 0 Å². The van der Waals surface area contributed by atoms with Crippen LogP contribution in [0.5, 0.6) is 0 Å². The van der Waals surface area contributed by atoms with Gasteiger partial charge in [0.05, 0.1) is 17.3 Å². The Hall–Kier alpha value is -0.580. The SMILES string of the molecule is OCc1cn2cc(Br)cc(Cl)c2n1. The maximum atomic E-state index is 8.87. The number of hydrogen-bond donors (Lipinski definition) is 1. The van der Waals surface area contributed by atoms with E-state index >= 15 is 0 Å². The van der Waals surface area contributed by atoms with E-state index in [1.54, 1.807) is 16.7 Å². The summed E-state index contributed by atoms with van der Waals surface area (Å²) >= 11 is 9.26. The first kappa shape index (κ1) is 8.99. The molecular formula is C8H6BrClN2O. The molecule has 2 heterocycles. The first-order valence-electron chi connectivity index (χ1n) is 3.64. The van der Waals surface area contributed by atoms with Crippen molar-refractivity contribution in [1.82, 2.24) is 9.38 Å². The Morgan fingerprint density at radius 3 is 3.00 bits per heavy atom. The van der Waals surface area contributed by atoms with Crippen LogP contribution in [0.2, 0.25) is 5.02 Å². The molecule has 0 aliphatic carbocycles. The van der Waals surface area contributed by atoms with E-state index < -0.39 is 0 Å². The lowest BCUT2D eigenvalue weighted by molar-refractivity contribution is 0.277. The van der Waals surface area contributed by atoms with E-state index in [4.69, 9.17) is 16.7 Å². The monoisotopic (exact) mass is 260 g/mol. The van der Waals surface area contributed by atoms with Gasteiger partial charge in [-0.15, -0.1) is 0 Å². The largest absolute Gasteiger partial charge is 0.390 e. The van der Waals surface area contributed by atoms with Crippen LogP contribution in [0.25, 0.3) is 5.65 Å². The number of aliphatic hydroxyl groups excluding tert-OH is 1. The van der Waals surface area contributed by atoms with Gasteiger partial charge < -0.3 is 9.51 Å². The number of hydrogen-bond acceptors (Lipinski definition) is 2. The van der Waals surface area contributed by atoms with Crippen LogP contribution in [0.15, 0.2) is 22.9 Å². The number of aliphatic hydroxyl groups is 1. The fourth-order valence-corrected chi connectivity index (χ4v) is 1.99. The molecule has 2 aromatic heterocycles. The second kappa shape index (κ2) is 3.29. The summed E-state index contributed by atoms with van der Waals surface area (Å²) in [6.45, 7) is -0.0738. The number of pyridine rings is 1. The summed E-state index contributed by atoms with van der Waals surface area (Å²) in [5, 5.41) is 9.43. The molecule has 0 fully saturated rings. The lowest BCUT2D eigenvalue weighted by Gasteiger charge is -1.96. The van der Waals surface area contributed by atoms with Crippen LogP contribution in [-0.2, 0) is 6.61 Å². The van der Waals surface area contributed by atoms with Gasteiger partial charge >= 0.3 is 0 Å². The Morgan fingerprint density at radius 2 is 2.31 bits per heavy atom. The average molecular weight is 262 g/mol. The Labute approximate surface area is 88.1 Å². The van der Waals surface area contributed by atoms with Crippen LogP contribution < -0.4 is 0 Å². The fourth-order valence-electron chi connectivity index (χ4n) is 1.15. The molecule has 68 valence electrons. The van der Waals surface area contributed by atoms with Crippen molar-refractivity contribution in [2.24, 2.45) is 0 Å². The van der Waals surface area contributed by atoms with Gasteiger partial charge in [0.2, 0.25) is 0 Å². The minimum atomic E-state index is -0.0738. The van der Waals surface area contributed by atoms with Crippen molar-refractivity contribution >= 4 is 33.2 Å². The number of halogens is 2. The first-order valence-corrected chi connectivity index (χ1v) is 4.81. The van der Waals surface area contributed by atoms with E-state index in [-0.39, 0.29) is 6.61 Å². The highest BCUT2D eigenvalue weighted by Gasteiger charge is 2.05. The van der Waals surface area contributed by atoms with E-state index in [1.165, 1.54) is 0 Å². The van der Waals surface area contributed by atoms with Gasteiger partial charge in [0.25, 0.3) is 0 Å². The minimum absolute atomic E-state index is 0.0738. The van der Waals surface area contributed by atoms with Crippen LogP contribution in [-0.4, -0.2) is 14.5 Å². The molecule has 0 aromatic carbocycles. The maximum absolute atomic E-state index is 8.87. The lowest BCUT2D eigenvalue weighted by atomic mass is 10.5. The van der Waals surface area contributed by atoms with E-state index in [0.29, 0.717) is 16.4 Å². The highest BCUT2D eigenvalue weighted by Crippen LogP contribution is 2.21. The number of nitrogens with zero attached hydrogens (tertiary/aromatic N) is 2. The molecule has 0 radical (unpaired) electrons. The first-order chi connectivity index (χ1) is 6.20. The molecule has 0 saturated carbocycles. The Bertz CT molecular complexity index is 455. The normalized spacial score (nSPS) is 11.0. The van der Waals surface area contributed by atoms with Crippen molar-refractivity contribution < 1.29 is 5.11 Å². The highest BCUT2D eigenvalue weighted by molar-refractivity contribution is 9.10. The molecule has 0 unspecified atom stereocenters. The maximum Gasteiger partial charge on any atom is 0.156 e. The molecule has 5 heteroatoms. The minimum Gasteiger partial charge on any atom is -0.390 e. The average Bonchev–Trinajstić information content (AvgIpc) is 2.47. The quantitative estimate of drug-likeness (QED) is 0.855. The molecule has 2 aromatic rings. The van der Waals surface area contributed by atoms with E-state index in [2.05, 4.69) is 20.9 Å². The summed E-state index contributed by atoms with van der Waals surface area (Å²) in [6.07, 6.45) is 3.58. The van der Waals surface area contributed by atoms with Gasteiger partial charge in [-0.25, -0.2) is 4.98 Å². The summed E-state index contributed by atoms with van der Waals surface area (Å²) < 4.78 is 2.66. The molecule has 0 saturated heterocycles. The fraction of sp³-hybridized carbons (Fsp3) is 0.125. The van der Waals surface area contributed by atoms with Crippen molar-refractivity contribution in [3.8, 4) is 0 Å². The van der Waals surface area contributed by atoms with E-state index in [9.17, 15) is 0 Å². The molecule has 3 nitrogen and oxygen atoms in total. The van der Waals surface area contributed by atoms with Crippen LogP contribution in [0.1, 0.15) is 5.69 Å². The summed E-state index contributed by atoms with van der Waals surface area (Å²) in [4.78, 5) is 4.13. The molecule has 0 aliphatic heterocycles. The zero-order valence-electron chi connectivity index (χ0n) is 6.54. The Kier molecular flexibility index (Phi) is 2.27. The van der Waals surface area contributed by atoms with Crippen LogP contribution in [0.3, 0.4) is 0 Å². The predicted molar refractivity (Wildman–Crippen MR) is 53.8 cm³/mol. The summed E-state index contributed by atoms with van der Waals surface area (Å²) in [5.74, 6) is 0. The number of aromatic nitrogens is 2. The van der Waals surface area contributed by atoms with E-state index in [1.807, 2.05) is 6.20 Å². The van der Waals surface area contributed by atoms with Gasteiger partial charge in [-0.3, -0.25) is 0 Å². The van der Waals surface area contributed by atoms with Crippen LogP contribution in [0, 0.1) is 0 Å². The molecule has 13 heavy (non-hydrogen) atoms. The number of rotatable bonds is 1. The van der Waals surface area contributed by atoms with Gasteiger partial charge in [0, 0.05) is 16.9 Å². The van der Waals surface area contributed by atoms with Crippen molar-refractivity contribution in [2.75, 3.05) is 0 Å². The second-order valence-electron chi connectivity index (χ2n) is 2.63. The third-order valence-corrected chi connectivity index (χ3v) is 2.40. The number of imidazole rings is 1. The molecule has 0 amide bonds. The van der Waals surface area contributed by atoms with E-state index in [0.717, 1.165) is 4.47 Å². The molecule has 0 bridgehead atoms. The molecular weight excluding hydrogens is 255 g/mol. The van der Waals surface area contributed by atoms with Gasteiger partial charge in [-0.2, -0.15) is 0 Å². The second-order valence-corrected chi connectivity index (χ2v) is 3.95. The predicted octanol–water partition coefficient (Wildman–Crippen LogP) is 2.24. The standard InChI is InChI=1S/C8H6BrClN2O/c9-5-1-7(10)8-11-6(4-13)3-12(8)2-5/h1-3,13H,4H2. The topological polar surface area (TPSA) is 37.5 Å². The van der Waals surface area contributed by atoms with Crippen molar-refractivity contribution in [3.05, 3.63) is 33.6 Å². The Balaban J connectivity index is 2.75. The summed E-state index contributed by atoms with van der Waals surface area (Å²) in [7, 11) is 0. The van der Waals surface area contributed by atoms with Gasteiger partial charge in [-0.05, 0) is 22.0 Å². The smallest absolute Gasteiger partial charge is 0.156 e. The molecule has 2 rings (SSSR count). The van der Waals surface area contributed by atoms with Crippen molar-refractivity contribution in [2.45, 2.75) is 6.61 Å². The van der Waals surface area contributed by atoms with Crippen LogP contribution >= 0.6 is 27.5 Å². The third kappa shape index (κ3) is 1.57. The summed E-state index contributed by atoms with van der Waals surface area (Å²) in [5.41, 5.74) is 1.27. The van der Waals surface area contributed by atoms with Crippen molar-refractivity contribution in [3.63, 3.8) is 0 Å². The molecule has 1 N–H and O–H groups in total. The summed E-state index contributed by atoms with van der Waals surface area (Å²) in [6, 6.07) is 1.77. The zero-order chi connectivity index (χ0) is 9.42. The molecule has 0 atom stereocenters. The third-order valence-electron chi connectivity index (χ3n) is 1.68. The zero-order valence-corrected chi connectivity index (χ0v) is 8.88. The highest BCUT2D eigenvalue weighted by atomic mass is 79.9. The van der Waals surface area contributed by atoms with Gasteiger partial charge in [0.1, 0.15) is 0 Å². The van der Waals surface area contributed by atoms with Gasteiger partial charge in [0.15, 0.2) is 5.65 Å². The van der Waals surface area contributed by atoms with Gasteiger partial charge in [-0.1, -0.05) is 11.6 Å². The molecule has 0 spiro atoms. The lowest BCUT2D eigenvalue weighted by Crippen LogP contribution is -1.83.